The molecule has 1 amide bonds. The van der Waals surface area contributed by atoms with Gasteiger partial charge in [-0.15, -0.1) is 0 Å². The number of carbonyl (C=O) groups excluding carboxylic acids is 1. The van der Waals surface area contributed by atoms with Gasteiger partial charge in [-0.25, -0.2) is 0 Å². The van der Waals surface area contributed by atoms with Crippen molar-refractivity contribution in [2.24, 2.45) is 12.8 Å². The molecule has 0 radical (unpaired) electrons. The van der Waals surface area contributed by atoms with Gasteiger partial charge < -0.3 is 15.6 Å². The van der Waals surface area contributed by atoms with Crippen LogP contribution in [0.2, 0.25) is 0 Å². The molecule has 4 nitrogen and oxygen atoms in total. The zero-order valence-electron chi connectivity index (χ0n) is 9.68. The summed E-state index contributed by atoms with van der Waals surface area (Å²) < 4.78 is 2.00. The van der Waals surface area contributed by atoms with Gasteiger partial charge in [-0.2, -0.15) is 0 Å². The molecule has 0 spiro atoms. The van der Waals surface area contributed by atoms with E-state index in [-0.39, 0.29) is 0 Å². The predicted octanol–water partition coefficient (Wildman–Crippen LogP) is 1.74. The van der Waals surface area contributed by atoms with Crippen molar-refractivity contribution >= 4 is 11.6 Å². The zero-order valence-corrected chi connectivity index (χ0v) is 9.68. The number of amides is 1. The summed E-state index contributed by atoms with van der Waals surface area (Å²) in [6, 6.07) is 9.23. The first-order chi connectivity index (χ1) is 8.15. The first kappa shape index (κ1) is 11.3. The Morgan fingerprint density at radius 2 is 2.24 bits per heavy atom. The molecule has 0 unspecified atom stereocenters. The highest BCUT2D eigenvalue weighted by atomic mass is 16.1. The molecule has 0 atom stereocenters. The molecule has 0 fully saturated rings. The number of aryl methyl sites for hydroxylation is 1. The summed E-state index contributed by atoms with van der Waals surface area (Å²) in [4.78, 5) is 11.0. The molecule has 1 aromatic heterocycles. The summed E-state index contributed by atoms with van der Waals surface area (Å²) in [7, 11) is 1.98. The molecule has 2 aromatic rings. The second-order valence-electron chi connectivity index (χ2n) is 3.98. The van der Waals surface area contributed by atoms with E-state index in [1.807, 2.05) is 42.2 Å². The van der Waals surface area contributed by atoms with Gasteiger partial charge >= 0.3 is 0 Å². The molecule has 0 saturated heterocycles. The largest absolute Gasteiger partial charge is 0.381 e. The summed E-state index contributed by atoms with van der Waals surface area (Å²) >= 11 is 0. The summed E-state index contributed by atoms with van der Waals surface area (Å²) in [5, 5.41) is 3.25. The first-order valence-electron chi connectivity index (χ1n) is 5.40. The third-order valence-corrected chi connectivity index (χ3v) is 2.54. The van der Waals surface area contributed by atoms with Crippen molar-refractivity contribution in [3.05, 3.63) is 53.9 Å². The molecule has 3 N–H and O–H groups in total. The number of primary amides is 1. The van der Waals surface area contributed by atoms with E-state index in [1.165, 1.54) is 5.56 Å². The zero-order chi connectivity index (χ0) is 12.3. The Labute approximate surface area is 100 Å². The van der Waals surface area contributed by atoms with E-state index < -0.39 is 5.91 Å². The Hall–Kier alpha value is -2.23. The highest BCUT2D eigenvalue weighted by Crippen LogP contribution is 2.12. The summed E-state index contributed by atoms with van der Waals surface area (Å²) in [5.74, 6) is -0.409. The highest BCUT2D eigenvalue weighted by molar-refractivity contribution is 5.93. The van der Waals surface area contributed by atoms with E-state index >= 15 is 0 Å². The molecule has 4 heteroatoms. The second-order valence-corrected chi connectivity index (χ2v) is 3.98. The van der Waals surface area contributed by atoms with Crippen LogP contribution in [0.1, 0.15) is 15.9 Å². The van der Waals surface area contributed by atoms with E-state index in [4.69, 9.17) is 5.73 Å². The third-order valence-electron chi connectivity index (χ3n) is 2.54. The molecular formula is C13H15N3O. The fourth-order valence-electron chi connectivity index (χ4n) is 1.65. The molecular weight excluding hydrogens is 214 g/mol. The predicted molar refractivity (Wildman–Crippen MR) is 67.7 cm³/mol. The van der Waals surface area contributed by atoms with E-state index in [9.17, 15) is 4.79 Å². The standard InChI is InChI=1S/C13H15N3O/c1-16-6-5-10(9-16)8-15-12-4-2-3-11(7-12)13(14)17/h2-7,9,15H,8H2,1H3,(H2,14,17). The molecule has 0 saturated carbocycles. The maximum Gasteiger partial charge on any atom is 0.248 e. The lowest BCUT2D eigenvalue weighted by molar-refractivity contribution is 0.100. The monoisotopic (exact) mass is 229 g/mol. The lowest BCUT2D eigenvalue weighted by atomic mass is 10.2. The van der Waals surface area contributed by atoms with Crippen molar-refractivity contribution in [1.29, 1.82) is 0 Å². The topological polar surface area (TPSA) is 60.1 Å². The van der Waals surface area contributed by atoms with Crippen LogP contribution in [0.5, 0.6) is 0 Å². The maximum absolute atomic E-state index is 11.0. The maximum atomic E-state index is 11.0. The highest BCUT2D eigenvalue weighted by Gasteiger charge is 2.01. The second kappa shape index (κ2) is 4.74. The van der Waals surface area contributed by atoms with Crippen LogP contribution < -0.4 is 11.1 Å². The van der Waals surface area contributed by atoms with Crippen molar-refractivity contribution in [3.8, 4) is 0 Å². The molecule has 88 valence electrons. The normalized spacial score (nSPS) is 10.2. The van der Waals surface area contributed by atoms with E-state index in [0.717, 1.165) is 12.2 Å². The molecule has 2 rings (SSSR count). The van der Waals surface area contributed by atoms with Crippen LogP contribution in [0.25, 0.3) is 0 Å². The number of aromatic nitrogens is 1. The Bertz CT molecular complexity index is 531. The van der Waals surface area contributed by atoms with Gasteiger partial charge in [-0.3, -0.25) is 4.79 Å². The number of nitrogens with two attached hydrogens (primary N) is 1. The molecule has 17 heavy (non-hydrogen) atoms. The average Bonchev–Trinajstić information content (AvgIpc) is 2.73. The van der Waals surface area contributed by atoms with Crippen LogP contribution in [-0.4, -0.2) is 10.5 Å². The van der Waals surface area contributed by atoms with Gasteiger partial charge in [0, 0.05) is 37.2 Å². The van der Waals surface area contributed by atoms with E-state index in [2.05, 4.69) is 5.32 Å². The molecule has 1 heterocycles. The van der Waals surface area contributed by atoms with Crippen molar-refractivity contribution in [2.45, 2.75) is 6.54 Å². The fraction of sp³-hybridized carbons (Fsp3) is 0.154. The number of anilines is 1. The Balaban J connectivity index is 2.04. The minimum Gasteiger partial charge on any atom is -0.381 e. The van der Waals surface area contributed by atoms with Gasteiger partial charge in [-0.05, 0) is 29.8 Å². The minimum atomic E-state index is -0.409. The summed E-state index contributed by atoms with van der Waals surface area (Å²) in [5.41, 5.74) is 7.83. The average molecular weight is 229 g/mol. The van der Waals surface area contributed by atoms with Gasteiger partial charge in [-0.1, -0.05) is 6.07 Å². The van der Waals surface area contributed by atoms with Crippen molar-refractivity contribution < 1.29 is 4.79 Å². The van der Waals surface area contributed by atoms with Gasteiger partial charge in [0.15, 0.2) is 0 Å². The number of rotatable bonds is 4. The Morgan fingerprint density at radius 3 is 2.88 bits per heavy atom. The molecule has 0 aliphatic rings. The van der Waals surface area contributed by atoms with Crippen molar-refractivity contribution in [3.63, 3.8) is 0 Å². The lowest BCUT2D eigenvalue weighted by Crippen LogP contribution is -2.11. The third kappa shape index (κ3) is 2.87. The molecule has 1 aromatic carbocycles. The van der Waals surface area contributed by atoms with E-state index in [1.54, 1.807) is 12.1 Å². The van der Waals surface area contributed by atoms with Crippen LogP contribution in [0.15, 0.2) is 42.7 Å². The van der Waals surface area contributed by atoms with Crippen LogP contribution in [-0.2, 0) is 13.6 Å². The van der Waals surface area contributed by atoms with Crippen LogP contribution >= 0.6 is 0 Å². The molecule has 0 aliphatic heterocycles. The van der Waals surface area contributed by atoms with Gasteiger partial charge in [0.25, 0.3) is 0 Å². The minimum absolute atomic E-state index is 0.409. The number of carbonyl (C=O) groups is 1. The number of hydrogen-bond acceptors (Lipinski definition) is 2. The van der Waals surface area contributed by atoms with Crippen LogP contribution in [0.4, 0.5) is 5.69 Å². The number of hydrogen-bond donors (Lipinski definition) is 2. The fourth-order valence-corrected chi connectivity index (χ4v) is 1.65. The smallest absolute Gasteiger partial charge is 0.248 e. The number of benzene rings is 1. The Morgan fingerprint density at radius 1 is 1.41 bits per heavy atom. The lowest BCUT2D eigenvalue weighted by Gasteiger charge is -2.06. The molecule has 0 bridgehead atoms. The van der Waals surface area contributed by atoms with Crippen LogP contribution in [0.3, 0.4) is 0 Å². The molecule has 0 aliphatic carbocycles. The quantitative estimate of drug-likeness (QED) is 0.838. The summed E-state index contributed by atoms with van der Waals surface area (Å²) in [6.07, 6.45) is 4.04. The first-order valence-corrected chi connectivity index (χ1v) is 5.40. The number of nitrogens with zero attached hydrogens (tertiary/aromatic N) is 1. The van der Waals surface area contributed by atoms with Crippen molar-refractivity contribution in [1.82, 2.24) is 4.57 Å². The summed E-state index contributed by atoms with van der Waals surface area (Å²) in [6.45, 7) is 0.725. The van der Waals surface area contributed by atoms with Gasteiger partial charge in [0.05, 0.1) is 0 Å². The van der Waals surface area contributed by atoms with Gasteiger partial charge in [0.1, 0.15) is 0 Å². The Kier molecular flexibility index (Phi) is 3.14. The van der Waals surface area contributed by atoms with Gasteiger partial charge in [0.2, 0.25) is 5.91 Å². The van der Waals surface area contributed by atoms with Crippen molar-refractivity contribution in [2.75, 3.05) is 5.32 Å². The van der Waals surface area contributed by atoms with Crippen LogP contribution in [0, 0.1) is 0 Å². The SMILES string of the molecule is Cn1ccc(CNc2cccc(C(N)=O)c2)c1. The van der Waals surface area contributed by atoms with E-state index in [0.29, 0.717) is 5.56 Å². The number of nitrogens with one attached hydrogen (secondary N) is 1.